The van der Waals surface area contributed by atoms with Crippen LogP contribution in [0.15, 0.2) is 41.2 Å². The number of ether oxygens (including phenoxy) is 1. The Bertz CT molecular complexity index is 1800. The number of aliphatic carboxylic acids is 1. The maximum atomic E-state index is 15.1. The normalized spacial score (nSPS) is 18.8. The van der Waals surface area contributed by atoms with E-state index in [0.29, 0.717) is 33.7 Å². The van der Waals surface area contributed by atoms with Crippen molar-refractivity contribution in [3.63, 3.8) is 0 Å². The van der Waals surface area contributed by atoms with Crippen LogP contribution in [0.5, 0.6) is 0 Å². The number of halogens is 8. The van der Waals surface area contributed by atoms with Crippen LogP contribution in [0.1, 0.15) is 56.2 Å². The van der Waals surface area contributed by atoms with Crippen LogP contribution in [0.3, 0.4) is 0 Å². The molecule has 0 spiro atoms. The highest BCUT2D eigenvalue weighted by molar-refractivity contribution is 5.97. The van der Waals surface area contributed by atoms with Crippen LogP contribution in [-0.2, 0) is 35.6 Å². The Morgan fingerprint density at radius 2 is 1.75 bits per heavy atom. The minimum atomic E-state index is -4.82. The van der Waals surface area contributed by atoms with E-state index >= 15 is 8.78 Å². The van der Waals surface area contributed by atoms with Crippen LogP contribution in [-0.4, -0.2) is 59.6 Å². The van der Waals surface area contributed by atoms with Gasteiger partial charge < -0.3 is 24.6 Å². The Morgan fingerprint density at radius 1 is 1.08 bits per heavy atom. The predicted molar refractivity (Wildman–Crippen MR) is 155 cm³/mol. The second-order valence-corrected chi connectivity index (χ2v) is 11.7. The molecule has 48 heavy (non-hydrogen) atoms. The number of nitrogens with one attached hydrogen (secondary N) is 1. The summed E-state index contributed by atoms with van der Waals surface area (Å²) in [6, 6.07) is 2.53. The lowest BCUT2D eigenvalue weighted by Crippen LogP contribution is -2.53. The summed E-state index contributed by atoms with van der Waals surface area (Å²) >= 11 is 0. The number of nitrogens with zero attached hydrogens (tertiary/aromatic N) is 2. The number of alkyl halides is 6. The standard InChI is InChI=1S/C32H29F8N3O5/c1-15-10-21(31(35,36)37)26(29(45)42(15)2)20-7-6-18-16(4-3-5-19(18)20)11-24(30(46)47)41-28(44)27-22(33)12-17(13-23(27)34)43-8-9-48-14-25(43)32(38,39)40/h3-5,10,12-13,20,24-25H,6-9,11,14H2,1-2H3,(H,41,44)(H,46,47)/t20-,24?,25+/m0/s1. The third kappa shape index (κ3) is 6.62. The first-order valence-corrected chi connectivity index (χ1v) is 14.7. The number of aryl methyl sites for hydroxylation is 1. The average molecular weight is 688 g/mol. The molecule has 1 aromatic heterocycles. The zero-order valence-corrected chi connectivity index (χ0v) is 25.4. The molecule has 1 fully saturated rings. The van der Waals surface area contributed by atoms with Crippen LogP contribution in [0.2, 0.25) is 0 Å². The number of fused-ring (bicyclic) bond motifs is 1. The quantitative estimate of drug-likeness (QED) is 0.329. The summed E-state index contributed by atoms with van der Waals surface area (Å²) in [5.74, 6) is -7.09. The van der Waals surface area contributed by atoms with Gasteiger partial charge in [0.25, 0.3) is 11.5 Å². The molecular weight excluding hydrogens is 658 g/mol. The third-order valence-electron chi connectivity index (χ3n) is 8.85. The smallest absolute Gasteiger partial charge is 0.416 e. The molecule has 3 aromatic rings. The lowest BCUT2D eigenvalue weighted by molar-refractivity contribution is -0.167. The van der Waals surface area contributed by atoms with Crippen molar-refractivity contribution < 1.29 is 54.6 Å². The largest absolute Gasteiger partial charge is 0.480 e. The molecule has 2 heterocycles. The zero-order chi connectivity index (χ0) is 35.3. The van der Waals surface area contributed by atoms with E-state index in [0.717, 1.165) is 10.6 Å². The number of rotatable bonds is 7. The number of anilines is 1. The summed E-state index contributed by atoms with van der Waals surface area (Å²) in [7, 11) is 1.36. The fourth-order valence-corrected chi connectivity index (χ4v) is 6.41. The molecule has 1 aliphatic carbocycles. The minimum absolute atomic E-state index is 0.109. The molecule has 258 valence electrons. The van der Waals surface area contributed by atoms with Gasteiger partial charge in [-0.2, -0.15) is 26.3 Å². The van der Waals surface area contributed by atoms with Gasteiger partial charge in [-0.25, -0.2) is 13.6 Å². The molecule has 2 aliphatic rings. The molecule has 1 saturated heterocycles. The molecule has 0 bridgehead atoms. The molecule has 0 radical (unpaired) electrons. The molecule has 3 atom stereocenters. The van der Waals surface area contributed by atoms with Crippen LogP contribution < -0.4 is 15.8 Å². The van der Waals surface area contributed by atoms with E-state index in [9.17, 15) is 45.8 Å². The fourth-order valence-electron chi connectivity index (χ4n) is 6.41. The van der Waals surface area contributed by atoms with E-state index in [4.69, 9.17) is 4.74 Å². The average Bonchev–Trinajstić information content (AvgIpc) is 3.42. The number of pyridine rings is 1. The van der Waals surface area contributed by atoms with E-state index < -0.39 is 94.8 Å². The molecule has 16 heteroatoms. The maximum absolute atomic E-state index is 15.1. The first-order chi connectivity index (χ1) is 22.4. The van der Waals surface area contributed by atoms with Crippen molar-refractivity contribution in [2.24, 2.45) is 7.05 Å². The molecule has 1 unspecified atom stereocenters. The number of carbonyl (C=O) groups is 2. The second kappa shape index (κ2) is 12.9. The van der Waals surface area contributed by atoms with E-state index in [1.807, 2.05) is 5.32 Å². The topological polar surface area (TPSA) is 101 Å². The van der Waals surface area contributed by atoms with E-state index in [2.05, 4.69) is 0 Å². The molecule has 1 aliphatic heterocycles. The minimum Gasteiger partial charge on any atom is -0.480 e. The predicted octanol–water partition coefficient (Wildman–Crippen LogP) is 5.26. The van der Waals surface area contributed by atoms with E-state index in [-0.39, 0.29) is 31.7 Å². The Morgan fingerprint density at radius 3 is 2.35 bits per heavy atom. The molecule has 0 saturated carbocycles. The Hall–Kier alpha value is -4.47. The molecule has 8 nitrogen and oxygen atoms in total. The molecule has 2 aromatic carbocycles. The summed E-state index contributed by atoms with van der Waals surface area (Å²) in [5.41, 5.74) is -2.75. The van der Waals surface area contributed by atoms with Crippen molar-refractivity contribution in [2.45, 2.75) is 56.5 Å². The Balaban J connectivity index is 1.42. The Kier molecular flexibility index (Phi) is 9.34. The van der Waals surface area contributed by atoms with Crippen molar-refractivity contribution in [3.8, 4) is 0 Å². The molecule has 5 rings (SSSR count). The fraction of sp³-hybridized carbons (Fsp3) is 0.406. The number of hydrogen-bond donors (Lipinski definition) is 2. The molecule has 1 amide bonds. The highest BCUT2D eigenvalue weighted by Crippen LogP contribution is 2.43. The van der Waals surface area contributed by atoms with E-state index in [1.165, 1.54) is 32.2 Å². The number of amides is 1. The van der Waals surface area contributed by atoms with Gasteiger partial charge in [-0.15, -0.1) is 0 Å². The lowest BCUT2D eigenvalue weighted by atomic mass is 9.88. The first kappa shape index (κ1) is 34.9. The van der Waals surface area contributed by atoms with Crippen molar-refractivity contribution >= 4 is 17.6 Å². The molecular formula is C32H29F8N3O5. The third-order valence-corrected chi connectivity index (χ3v) is 8.85. The van der Waals surface area contributed by atoms with Crippen molar-refractivity contribution in [3.05, 3.63) is 97.5 Å². The summed E-state index contributed by atoms with van der Waals surface area (Å²) in [5, 5.41) is 11.9. The van der Waals surface area contributed by atoms with Gasteiger partial charge in [0.1, 0.15) is 29.3 Å². The van der Waals surface area contributed by atoms with Gasteiger partial charge in [0.2, 0.25) is 0 Å². The number of carbonyl (C=O) groups excluding carboxylic acids is 1. The zero-order valence-electron chi connectivity index (χ0n) is 25.4. The van der Waals surface area contributed by atoms with Gasteiger partial charge in [0.15, 0.2) is 0 Å². The van der Waals surface area contributed by atoms with Crippen molar-refractivity contribution in [1.29, 1.82) is 0 Å². The highest BCUT2D eigenvalue weighted by Gasteiger charge is 2.46. The van der Waals surface area contributed by atoms with Gasteiger partial charge in [-0.3, -0.25) is 9.59 Å². The van der Waals surface area contributed by atoms with Gasteiger partial charge in [0, 0.05) is 42.9 Å². The second-order valence-electron chi connectivity index (χ2n) is 11.7. The Labute approximate surface area is 267 Å². The van der Waals surface area contributed by atoms with Crippen molar-refractivity contribution in [2.75, 3.05) is 24.7 Å². The number of carboxylic acids is 1. The highest BCUT2D eigenvalue weighted by atomic mass is 19.4. The summed E-state index contributed by atoms with van der Waals surface area (Å²) in [6.45, 7) is 0.118. The van der Waals surface area contributed by atoms with Gasteiger partial charge in [-0.05, 0) is 54.7 Å². The van der Waals surface area contributed by atoms with Gasteiger partial charge >= 0.3 is 18.3 Å². The number of carboxylic acid groups (broad SMARTS) is 1. The summed E-state index contributed by atoms with van der Waals surface area (Å²) in [4.78, 5) is 39.0. The number of hydrogen-bond acceptors (Lipinski definition) is 5. The van der Waals surface area contributed by atoms with Crippen LogP contribution >= 0.6 is 0 Å². The summed E-state index contributed by atoms with van der Waals surface area (Å²) < 4.78 is 119. The van der Waals surface area contributed by atoms with Crippen LogP contribution in [0.4, 0.5) is 40.8 Å². The first-order valence-electron chi connectivity index (χ1n) is 14.7. The number of morpholine rings is 1. The lowest BCUT2D eigenvalue weighted by Gasteiger charge is -2.38. The van der Waals surface area contributed by atoms with Gasteiger partial charge in [-0.1, -0.05) is 18.2 Å². The monoisotopic (exact) mass is 687 g/mol. The van der Waals surface area contributed by atoms with Gasteiger partial charge in [0.05, 0.1) is 18.8 Å². The van der Waals surface area contributed by atoms with Crippen LogP contribution in [0.25, 0.3) is 0 Å². The number of benzene rings is 2. The molecule has 2 N–H and O–H groups in total. The summed E-state index contributed by atoms with van der Waals surface area (Å²) in [6.07, 6.45) is -9.75. The number of aromatic nitrogens is 1. The van der Waals surface area contributed by atoms with Crippen LogP contribution in [0, 0.1) is 18.6 Å². The van der Waals surface area contributed by atoms with Crippen molar-refractivity contribution in [1.82, 2.24) is 9.88 Å². The SMILES string of the molecule is Cc1cc(C(F)(F)F)c([C@H]2CCc3c(CC(NC(=O)c4c(F)cc(N5CCOC[C@@H]5C(F)(F)F)cc4F)C(=O)O)cccc32)c(=O)n1C. The maximum Gasteiger partial charge on any atom is 0.416 e. The van der Waals surface area contributed by atoms with E-state index in [1.54, 1.807) is 0 Å².